The van der Waals surface area contributed by atoms with E-state index in [-0.39, 0.29) is 10.6 Å². The number of pyridine rings is 1. The monoisotopic (exact) mass is 256 g/mol. The Morgan fingerprint density at radius 3 is 2.76 bits per heavy atom. The van der Waals surface area contributed by atoms with E-state index in [0.29, 0.717) is 4.48 Å². The molecule has 1 fully saturated rings. The standard InChI is InChI=1S/C11H14ClN3O2/c1-15(4-2-13-3-5-15)10-6-8(11(16)17)9(12)7-14-10/h6-7,13H,2-5H2,1H3/p+1. The van der Waals surface area contributed by atoms with Crippen molar-refractivity contribution in [1.82, 2.24) is 14.8 Å². The van der Waals surface area contributed by atoms with Gasteiger partial charge in [-0.25, -0.2) is 9.78 Å². The molecule has 0 radical (unpaired) electrons. The number of rotatable bonds is 2. The van der Waals surface area contributed by atoms with Gasteiger partial charge in [-0.15, -0.1) is 0 Å². The molecule has 1 saturated heterocycles. The molecular formula is C11H15ClN3O2+. The van der Waals surface area contributed by atoms with Crippen LogP contribution in [0.2, 0.25) is 5.02 Å². The van der Waals surface area contributed by atoms with E-state index in [1.807, 2.05) is 0 Å². The second-order valence-electron chi connectivity index (χ2n) is 4.42. The number of likely N-dealkylation sites (N-methyl/N-ethyl adjacent to an activating group) is 1. The van der Waals surface area contributed by atoms with Crippen molar-refractivity contribution >= 4 is 23.4 Å². The molecule has 1 aromatic rings. The molecule has 2 rings (SSSR count). The van der Waals surface area contributed by atoms with Crippen molar-refractivity contribution in [3.05, 3.63) is 22.8 Å². The van der Waals surface area contributed by atoms with Crippen molar-refractivity contribution in [2.75, 3.05) is 33.2 Å². The summed E-state index contributed by atoms with van der Waals surface area (Å²) in [6.45, 7) is 3.60. The number of nitrogens with zero attached hydrogens (tertiary/aromatic N) is 2. The minimum Gasteiger partial charge on any atom is -0.478 e. The molecule has 2 N–H and O–H groups in total. The highest BCUT2D eigenvalue weighted by molar-refractivity contribution is 6.33. The van der Waals surface area contributed by atoms with Crippen molar-refractivity contribution in [3.63, 3.8) is 0 Å². The molecule has 0 aromatic carbocycles. The van der Waals surface area contributed by atoms with Crippen LogP contribution < -0.4 is 9.80 Å². The van der Waals surface area contributed by atoms with Crippen LogP contribution in [0.5, 0.6) is 0 Å². The smallest absolute Gasteiger partial charge is 0.337 e. The van der Waals surface area contributed by atoms with Gasteiger partial charge in [0.15, 0.2) is 0 Å². The fraction of sp³-hybridized carbons (Fsp3) is 0.455. The number of aromatic carboxylic acids is 1. The third-order valence-electron chi connectivity index (χ3n) is 3.19. The number of hydrogen-bond donors (Lipinski definition) is 2. The van der Waals surface area contributed by atoms with Crippen LogP contribution in [0.3, 0.4) is 0 Å². The molecule has 5 nitrogen and oxygen atoms in total. The summed E-state index contributed by atoms with van der Waals surface area (Å²) in [6.07, 6.45) is 1.42. The average Bonchev–Trinajstić information content (AvgIpc) is 2.30. The molecule has 92 valence electrons. The minimum absolute atomic E-state index is 0.120. The number of nitrogens with one attached hydrogen (secondary N) is 1. The molecule has 1 aliphatic heterocycles. The first-order chi connectivity index (χ1) is 8.03. The lowest BCUT2D eigenvalue weighted by Gasteiger charge is -2.36. The van der Waals surface area contributed by atoms with Crippen LogP contribution in [-0.2, 0) is 0 Å². The van der Waals surface area contributed by atoms with Crippen molar-refractivity contribution < 1.29 is 9.90 Å². The van der Waals surface area contributed by atoms with Gasteiger partial charge in [-0.2, -0.15) is 0 Å². The molecule has 0 aliphatic carbocycles. The zero-order chi connectivity index (χ0) is 12.5. The summed E-state index contributed by atoms with van der Waals surface area (Å²) in [7, 11) is 2.06. The Bertz CT molecular complexity index is 444. The van der Waals surface area contributed by atoms with Gasteiger partial charge in [0.05, 0.1) is 36.9 Å². The zero-order valence-electron chi connectivity index (χ0n) is 9.61. The molecule has 0 bridgehead atoms. The zero-order valence-corrected chi connectivity index (χ0v) is 10.4. The van der Waals surface area contributed by atoms with Gasteiger partial charge in [-0.1, -0.05) is 11.6 Å². The first-order valence-corrected chi connectivity index (χ1v) is 5.85. The highest BCUT2D eigenvalue weighted by Gasteiger charge is 2.30. The molecule has 0 unspecified atom stereocenters. The molecule has 1 aromatic heterocycles. The van der Waals surface area contributed by atoms with Gasteiger partial charge in [0.2, 0.25) is 5.82 Å². The second-order valence-corrected chi connectivity index (χ2v) is 4.83. The highest BCUT2D eigenvalue weighted by Crippen LogP contribution is 2.24. The Morgan fingerprint density at radius 2 is 2.18 bits per heavy atom. The molecular weight excluding hydrogens is 242 g/mol. The summed E-state index contributed by atoms with van der Waals surface area (Å²) in [4.78, 5) is 15.3. The highest BCUT2D eigenvalue weighted by atomic mass is 35.5. The van der Waals surface area contributed by atoms with Crippen LogP contribution >= 0.6 is 11.6 Å². The molecule has 0 amide bonds. The Labute approximate surface area is 105 Å². The Kier molecular flexibility index (Phi) is 3.33. The number of piperazine rings is 1. The first-order valence-electron chi connectivity index (χ1n) is 5.47. The van der Waals surface area contributed by atoms with Crippen LogP contribution in [0.4, 0.5) is 5.82 Å². The van der Waals surface area contributed by atoms with Crippen LogP contribution in [-0.4, -0.2) is 49.3 Å². The van der Waals surface area contributed by atoms with Gasteiger partial charge in [-0.05, 0) is 0 Å². The van der Waals surface area contributed by atoms with Crippen LogP contribution in [0.25, 0.3) is 0 Å². The number of halogens is 1. The van der Waals surface area contributed by atoms with Gasteiger partial charge in [-0.3, -0.25) is 4.48 Å². The van der Waals surface area contributed by atoms with Gasteiger partial charge >= 0.3 is 5.97 Å². The summed E-state index contributed by atoms with van der Waals surface area (Å²) >= 11 is 5.81. The van der Waals surface area contributed by atoms with E-state index in [9.17, 15) is 4.79 Å². The predicted octanol–water partition coefficient (Wildman–Crippen LogP) is 0.974. The van der Waals surface area contributed by atoms with E-state index in [1.165, 1.54) is 6.20 Å². The number of carboxylic acids is 1. The number of aromatic nitrogens is 1. The number of hydrogen-bond acceptors (Lipinski definition) is 3. The van der Waals surface area contributed by atoms with Gasteiger partial charge in [0.25, 0.3) is 0 Å². The number of quaternary nitrogens is 1. The van der Waals surface area contributed by atoms with Gasteiger partial charge in [0.1, 0.15) is 0 Å². The maximum absolute atomic E-state index is 11.0. The Hall–Kier alpha value is -1.17. The summed E-state index contributed by atoms with van der Waals surface area (Å²) in [5, 5.41) is 12.5. The van der Waals surface area contributed by atoms with Crippen LogP contribution in [0.15, 0.2) is 12.3 Å². The normalized spacial score (nSPS) is 18.9. The molecule has 6 heteroatoms. The SMILES string of the molecule is C[N+]1(c2cc(C(=O)O)c(Cl)cn2)CCNCC1. The van der Waals surface area contributed by atoms with Crippen molar-refractivity contribution in [2.45, 2.75) is 0 Å². The molecule has 1 aliphatic rings. The summed E-state index contributed by atoms with van der Waals surface area (Å²) < 4.78 is 0.643. The predicted molar refractivity (Wildman–Crippen MR) is 66.5 cm³/mol. The summed E-state index contributed by atoms with van der Waals surface area (Å²) in [5.41, 5.74) is 0.120. The summed E-state index contributed by atoms with van der Waals surface area (Å²) in [5.74, 6) is -0.256. The number of carboxylic acid groups (broad SMARTS) is 1. The lowest BCUT2D eigenvalue weighted by atomic mass is 10.2. The van der Waals surface area contributed by atoms with Crippen molar-refractivity contribution in [3.8, 4) is 0 Å². The third kappa shape index (κ3) is 2.41. The first kappa shape index (κ1) is 12.3. The quantitative estimate of drug-likeness (QED) is 0.775. The topological polar surface area (TPSA) is 62.2 Å². The second kappa shape index (κ2) is 4.60. The van der Waals surface area contributed by atoms with E-state index in [0.717, 1.165) is 32.0 Å². The van der Waals surface area contributed by atoms with Crippen molar-refractivity contribution in [2.24, 2.45) is 0 Å². The lowest BCUT2D eigenvalue weighted by Crippen LogP contribution is -2.57. The Balaban J connectivity index is 2.38. The fourth-order valence-electron chi connectivity index (χ4n) is 2.00. The van der Waals surface area contributed by atoms with E-state index in [2.05, 4.69) is 17.3 Å². The van der Waals surface area contributed by atoms with E-state index in [4.69, 9.17) is 16.7 Å². The van der Waals surface area contributed by atoms with Crippen LogP contribution in [0, 0.1) is 0 Å². The van der Waals surface area contributed by atoms with Gasteiger partial charge < -0.3 is 10.4 Å². The molecule has 17 heavy (non-hydrogen) atoms. The fourth-order valence-corrected chi connectivity index (χ4v) is 2.19. The largest absolute Gasteiger partial charge is 0.478 e. The van der Waals surface area contributed by atoms with E-state index in [1.54, 1.807) is 6.07 Å². The minimum atomic E-state index is -1.01. The maximum Gasteiger partial charge on any atom is 0.337 e. The average molecular weight is 257 g/mol. The Morgan fingerprint density at radius 1 is 1.53 bits per heavy atom. The third-order valence-corrected chi connectivity index (χ3v) is 3.49. The molecule has 0 atom stereocenters. The molecule has 2 heterocycles. The lowest BCUT2D eigenvalue weighted by molar-refractivity contribution is 0.0696. The van der Waals surface area contributed by atoms with E-state index >= 15 is 0 Å². The maximum atomic E-state index is 11.0. The number of carbonyl (C=O) groups is 1. The summed E-state index contributed by atoms with van der Waals surface area (Å²) in [6, 6.07) is 1.58. The van der Waals surface area contributed by atoms with E-state index < -0.39 is 5.97 Å². The van der Waals surface area contributed by atoms with Crippen molar-refractivity contribution in [1.29, 1.82) is 0 Å². The van der Waals surface area contributed by atoms with Crippen LogP contribution in [0.1, 0.15) is 10.4 Å². The molecule has 0 saturated carbocycles. The molecule has 0 spiro atoms. The van der Waals surface area contributed by atoms with Gasteiger partial charge in [0, 0.05) is 19.2 Å².